The van der Waals surface area contributed by atoms with Gasteiger partial charge in [0.15, 0.2) is 5.11 Å². The lowest BCUT2D eigenvalue weighted by Crippen LogP contribution is -2.25. The molecule has 0 unspecified atom stereocenters. The number of hydrogen-bond donors (Lipinski definition) is 2. The van der Waals surface area contributed by atoms with Crippen LogP contribution in [0.4, 0.5) is 0 Å². The molecule has 1 aromatic heterocycles. The SMILES string of the molecule is CC(=NNC(N)=S)c1sc(-c2ccccc2)c(-c2ccccc2)c1C. The Kier molecular flexibility index (Phi) is 5.26. The minimum atomic E-state index is 0.167. The highest BCUT2D eigenvalue weighted by molar-refractivity contribution is 7.80. The second-order valence-electron chi connectivity index (χ2n) is 5.67. The minimum Gasteiger partial charge on any atom is -0.375 e. The molecule has 3 rings (SSSR count). The third kappa shape index (κ3) is 3.78. The largest absolute Gasteiger partial charge is 0.375 e. The molecule has 0 aliphatic carbocycles. The van der Waals surface area contributed by atoms with Gasteiger partial charge in [0.2, 0.25) is 0 Å². The summed E-state index contributed by atoms with van der Waals surface area (Å²) in [5.41, 5.74) is 13.9. The van der Waals surface area contributed by atoms with Crippen molar-refractivity contribution in [3.63, 3.8) is 0 Å². The van der Waals surface area contributed by atoms with Gasteiger partial charge in [-0.1, -0.05) is 60.7 Å². The summed E-state index contributed by atoms with van der Waals surface area (Å²) in [5, 5.41) is 4.47. The molecular weight excluding hydrogens is 346 g/mol. The van der Waals surface area contributed by atoms with Crippen LogP contribution >= 0.6 is 23.6 Å². The highest BCUT2D eigenvalue weighted by Gasteiger charge is 2.19. The molecule has 0 bridgehead atoms. The molecule has 3 nitrogen and oxygen atoms in total. The molecule has 0 amide bonds. The van der Waals surface area contributed by atoms with Crippen LogP contribution in [-0.4, -0.2) is 10.8 Å². The first-order valence-electron chi connectivity index (χ1n) is 7.92. The van der Waals surface area contributed by atoms with Gasteiger partial charge in [0.05, 0.1) is 10.6 Å². The molecule has 25 heavy (non-hydrogen) atoms. The smallest absolute Gasteiger partial charge is 0.184 e. The fourth-order valence-corrected chi connectivity index (χ4v) is 4.12. The zero-order valence-corrected chi connectivity index (χ0v) is 15.7. The predicted octanol–water partition coefficient (Wildman–Crippen LogP) is 4.95. The lowest BCUT2D eigenvalue weighted by atomic mass is 9.97. The fourth-order valence-electron chi connectivity index (χ4n) is 2.79. The van der Waals surface area contributed by atoms with E-state index in [1.807, 2.05) is 19.1 Å². The summed E-state index contributed by atoms with van der Waals surface area (Å²) < 4.78 is 0. The van der Waals surface area contributed by atoms with Gasteiger partial charge in [0, 0.05) is 10.4 Å². The van der Waals surface area contributed by atoms with Crippen LogP contribution in [-0.2, 0) is 0 Å². The Morgan fingerprint density at radius 1 is 1.00 bits per heavy atom. The van der Waals surface area contributed by atoms with E-state index in [2.05, 4.69) is 66.0 Å². The number of nitrogens with two attached hydrogens (primary N) is 1. The van der Waals surface area contributed by atoms with Gasteiger partial charge in [-0.05, 0) is 42.8 Å². The van der Waals surface area contributed by atoms with E-state index >= 15 is 0 Å². The molecule has 0 atom stereocenters. The standard InChI is InChI=1S/C20H19N3S2/c1-13-17(15-9-5-3-6-10-15)19(16-11-7-4-8-12-16)25-18(13)14(2)22-23-20(21)24/h3-12H,1-2H3,(H3,21,23,24). The summed E-state index contributed by atoms with van der Waals surface area (Å²) in [7, 11) is 0. The van der Waals surface area contributed by atoms with E-state index in [4.69, 9.17) is 18.0 Å². The lowest BCUT2D eigenvalue weighted by molar-refractivity contribution is 1.03. The second kappa shape index (κ2) is 7.59. The van der Waals surface area contributed by atoms with Crippen molar-refractivity contribution in [2.75, 3.05) is 0 Å². The van der Waals surface area contributed by atoms with Crippen molar-refractivity contribution in [3.05, 3.63) is 71.1 Å². The van der Waals surface area contributed by atoms with Crippen LogP contribution < -0.4 is 11.2 Å². The van der Waals surface area contributed by atoms with Crippen molar-refractivity contribution in [2.45, 2.75) is 13.8 Å². The van der Waals surface area contributed by atoms with E-state index in [1.165, 1.54) is 27.1 Å². The first-order valence-corrected chi connectivity index (χ1v) is 9.14. The first-order chi connectivity index (χ1) is 12.1. The van der Waals surface area contributed by atoms with Crippen LogP contribution in [0.5, 0.6) is 0 Å². The highest BCUT2D eigenvalue weighted by atomic mass is 32.1. The number of nitrogens with zero attached hydrogens (tertiary/aromatic N) is 1. The molecule has 0 radical (unpaired) electrons. The molecule has 0 aliphatic heterocycles. The number of benzene rings is 2. The summed E-state index contributed by atoms with van der Waals surface area (Å²) in [6, 6.07) is 20.9. The Balaban J connectivity index is 2.19. The maximum Gasteiger partial charge on any atom is 0.184 e. The summed E-state index contributed by atoms with van der Waals surface area (Å²) in [6.45, 7) is 4.11. The number of thiocarbonyl (C=S) groups is 1. The van der Waals surface area contributed by atoms with Gasteiger partial charge in [0.25, 0.3) is 0 Å². The Morgan fingerprint density at radius 2 is 1.56 bits per heavy atom. The van der Waals surface area contributed by atoms with Crippen molar-refractivity contribution >= 4 is 34.4 Å². The Bertz CT molecular complexity index is 913. The van der Waals surface area contributed by atoms with Crippen LogP contribution in [0.15, 0.2) is 65.8 Å². The molecule has 0 aliphatic rings. The van der Waals surface area contributed by atoms with Crippen molar-refractivity contribution in [2.24, 2.45) is 10.8 Å². The van der Waals surface area contributed by atoms with Crippen LogP contribution in [0.1, 0.15) is 17.4 Å². The van der Waals surface area contributed by atoms with Gasteiger partial charge < -0.3 is 5.73 Å². The van der Waals surface area contributed by atoms with Crippen molar-refractivity contribution in [1.29, 1.82) is 0 Å². The molecular formula is C20H19N3S2. The average molecular weight is 366 g/mol. The lowest BCUT2D eigenvalue weighted by Gasteiger charge is -2.06. The number of rotatable bonds is 4. The topological polar surface area (TPSA) is 50.4 Å². The van der Waals surface area contributed by atoms with Crippen LogP contribution in [0.25, 0.3) is 21.6 Å². The summed E-state index contributed by atoms with van der Waals surface area (Å²) in [4.78, 5) is 2.37. The van der Waals surface area contributed by atoms with E-state index in [9.17, 15) is 0 Å². The molecule has 0 saturated carbocycles. The van der Waals surface area contributed by atoms with Gasteiger partial charge in [-0.3, -0.25) is 5.43 Å². The van der Waals surface area contributed by atoms with E-state index in [0.29, 0.717) is 0 Å². The minimum absolute atomic E-state index is 0.167. The molecule has 3 N–H and O–H groups in total. The Hall–Kier alpha value is -2.50. The zero-order chi connectivity index (χ0) is 17.8. The van der Waals surface area contributed by atoms with E-state index in [1.54, 1.807) is 11.3 Å². The zero-order valence-electron chi connectivity index (χ0n) is 14.1. The monoisotopic (exact) mass is 365 g/mol. The molecule has 0 fully saturated rings. The van der Waals surface area contributed by atoms with Crippen molar-refractivity contribution in [3.8, 4) is 21.6 Å². The maximum absolute atomic E-state index is 5.49. The number of nitrogens with one attached hydrogen (secondary N) is 1. The van der Waals surface area contributed by atoms with Crippen molar-refractivity contribution < 1.29 is 0 Å². The Morgan fingerprint density at radius 3 is 2.12 bits per heavy atom. The molecule has 1 heterocycles. The van der Waals surface area contributed by atoms with Gasteiger partial charge >= 0.3 is 0 Å². The number of thiophene rings is 1. The average Bonchev–Trinajstić information content (AvgIpc) is 2.98. The van der Waals surface area contributed by atoms with E-state index < -0.39 is 0 Å². The normalized spacial score (nSPS) is 11.4. The third-order valence-electron chi connectivity index (χ3n) is 3.91. The molecule has 5 heteroatoms. The molecule has 0 saturated heterocycles. The molecule has 0 spiro atoms. The third-order valence-corrected chi connectivity index (χ3v) is 5.45. The van der Waals surface area contributed by atoms with Crippen LogP contribution in [0.3, 0.4) is 0 Å². The fraction of sp³-hybridized carbons (Fsp3) is 0.100. The van der Waals surface area contributed by atoms with Crippen LogP contribution in [0, 0.1) is 6.92 Å². The van der Waals surface area contributed by atoms with Crippen molar-refractivity contribution in [1.82, 2.24) is 5.43 Å². The van der Waals surface area contributed by atoms with E-state index in [0.717, 1.165) is 10.6 Å². The quantitative estimate of drug-likeness (QED) is 0.391. The first kappa shape index (κ1) is 17.3. The van der Waals surface area contributed by atoms with Gasteiger partial charge in [-0.15, -0.1) is 11.3 Å². The van der Waals surface area contributed by atoms with Gasteiger partial charge in [-0.25, -0.2) is 0 Å². The summed E-state index contributed by atoms with van der Waals surface area (Å²) >= 11 is 6.58. The molecule has 3 aromatic rings. The second-order valence-corrected chi connectivity index (χ2v) is 7.13. The summed E-state index contributed by atoms with van der Waals surface area (Å²) in [6.07, 6.45) is 0. The maximum atomic E-state index is 5.49. The number of hydrogen-bond acceptors (Lipinski definition) is 3. The highest BCUT2D eigenvalue weighted by Crippen LogP contribution is 2.43. The number of hydrazone groups is 1. The van der Waals surface area contributed by atoms with E-state index in [-0.39, 0.29) is 5.11 Å². The predicted molar refractivity (Wildman–Crippen MR) is 112 cm³/mol. The van der Waals surface area contributed by atoms with Crippen LogP contribution in [0.2, 0.25) is 0 Å². The van der Waals surface area contributed by atoms with Gasteiger partial charge in [0.1, 0.15) is 0 Å². The summed E-state index contributed by atoms with van der Waals surface area (Å²) in [5.74, 6) is 0. The Labute approximate surface area is 157 Å². The van der Waals surface area contributed by atoms with Gasteiger partial charge in [-0.2, -0.15) is 5.10 Å². The molecule has 126 valence electrons. The molecule has 2 aromatic carbocycles.